The molecule has 0 aliphatic carbocycles. The lowest BCUT2D eigenvalue weighted by atomic mass is 9.93. The topological polar surface area (TPSA) is 49.0 Å². The van der Waals surface area contributed by atoms with Gasteiger partial charge >= 0.3 is 0 Å². The minimum atomic E-state index is -0.115. The summed E-state index contributed by atoms with van der Waals surface area (Å²) >= 11 is 5.98. The van der Waals surface area contributed by atoms with Crippen molar-refractivity contribution >= 4 is 29.1 Å². The molecule has 3 rings (SSSR count). The quantitative estimate of drug-likeness (QED) is 0.874. The number of halogens is 1. The number of nitrogens with zero attached hydrogens (tertiary/aromatic N) is 2. The Morgan fingerprint density at radius 2 is 2.18 bits per heavy atom. The van der Waals surface area contributed by atoms with Crippen LogP contribution >= 0.6 is 11.6 Å². The van der Waals surface area contributed by atoms with Crippen LogP contribution in [0, 0.1) is 0 Å². The molecule has 1 aromatic carbocycles. The molecule has 2 aromatic rings. The van der Waals surface area contributed by atoms with Gasteiger partial charge in [0, 0.05) is 11.6 Å². The van der Waals surface area contributed by atoms with E-state index in [1.54, 1.807) is 6.92 Å². The Morgan fingerprint density at radius 3 is 2.86 bits per heavy atom. The molecule has 0 radical (unpaired) electrons. The van der Waals surface area contributed by atoms with Crippen LogP contribution < -0.4 is 10.7 Å². The van der Waals surface area contributed by atoms with Crippen molar-refractivity contribution in [2.75, 3.05) is 6.54 Å². The van der Waals surface area contributed by atoms with E-state index in [1.807, 2.05) is 24.0 Å². The summed E-state index contributed by atoms with van der Waals surface area (Å²) in [5.41, 5.74) is 2.51. The molecule has 22 heavy (non-hydrogen) atoms. The summed E-state index contributed by atoms with van der Waals surface area (Å²) in [6.07, 6.45) is 0.859. The van der Waals surface area contributed by atoms with Gasteiger partial charge in [0.25, 0.3) is 5.91 Å². The van der Waals surface area contributed by atoms with Crippen molar-refractivity contribution in [1.29, 1.82) is 0 Å². The van der Waals surface area contributed by atoms with E-state index >= 15 is 0 Å². The zero-order valence-corrected chi connectivity index (χ0v) is 13.4. The van der Waals surface area contributed by atoms with Gasteiger partial charge in [0.1, 0.15) is 5.35 Å². The third kappa shape index (κ3) is 2.44. The highest BCUT2D eigenvalue weighted by atomic mass is 35.5. The molecule has 114 valence electrons. The Balaban J connectivity index is 1.96. The zero-order valence-electron chi connectivity index (χ0n) is 12.7. The molecule has 0 spiro atoms. The van der Waals surface area contributed by atoms with E-state index in [-0.39, 0.29) is 11.9 Å². The van der Waals surface area contributed by atoms with Gasteiger partial charge in [-0.2, -0.15) is 0 Å². The Morgan fingerprint density at radius 1 is 1.45 bits per heavy atom. The highest BCUT2D eigenvalue weighted by Gasteiger charge is 2.29. The number of imidazole rings is 1. The van der Waals surface area contributed by atoms with E-state index in [2.05, 4.69) is 28.7 Å². The second kappa shape index (κ2) is 5.61. The SMILES string of the molecule is C=c1[nH]c(C(=O)N2CCc3ccccc3C2C)n/c1=C(/C)Cl. The Hall–Kier alpha value is -2.07. The fraction of sp³-hybridized carbons (Fsp3) is 0.294. The van der Waals surface area contributed by atoms with E-state index in [0.717, 1.165) is 6.42 Å². The minimum absolute atomic E-state index is 0.0281. The zero-order chi connectivity index (χ0) is 15.9. The average molecular weight is 316 g/mol. The van der Waals surface area contributed by atoms with Crippen LogP contribution in [0.4, 0.5) is 0 Å². The largest absolute Gasteiger partial charge is 0.334 e. The summed E-state index contributed by atoms with van der Waals surface area (Å²) in [7, 11) is 0. The third-order valence-electron chi connectivity index (χ3n) is 4.16. The van der Waals surface area contributed by atoms with Crippen LogP contribution in [0.1, 0.15) is 41.6 Å². The van der Waals surface area contributed by atoms with E-state index in [9.17, 15) is 4.79 Å². The van der Waals surface area contributed by atoms with Crippen molar-refractivity contribution in [2.24, 2.45) is 0 Å². The average Bonchev–Trinajstić information content (AvgIpc) is 2.89. The van der Waals surface area contributed by atoms with Gasteiger partial charge in [-0.3, -0.25) is 4.79 Å². The number of carbonyl (C=O) groups excluding carboxylic acids is 1. The van der Waals surface area contributed by atoms with Gasteiger partial charge in [-0.25, -0.2) is 4.98 Å². The molecule has 0 saturated carbocycles. The molecule has 1 amide bonds. The fourth-order valence-corrected chi connectivity index (χ4v) is 3.14. The van der Waals surface area contributed by atoms with Crippen molar-refractivity contribution in [2.45, 2.75) is 26.3 Å². The lowest BCUT2D eigenvalue weighted by Gasteiger charge is -2.34. The van der Waals surface area contributed by atoms with Crippen LogP contribution in [0.15, 0.2) is 24.3 Å². The van der Waals surface area contributed by atoms with Gasteiger partial charge in [0.15, 0.2) is 5.82 Å². The van der Waals surface area contributed by atoms with E-state index < -0.39 is 0 Å². The molecule has 1 aliphatic heterocycles. The number of aromatic nitrogens is 2. The molecule has 0 bridgehead atoms. The molecule has 5 heteroatoms. The van der Waals surface area contributed by atoms with Crippen LogP contribution in [-0.4, -0.2) is 27.3 Å². The summed E-state index contributed by atoms with van der Waals surface area (Å²) < 4.78 is 0. The molecule has 1 N–H and O–H groups in total. The molecule has 1 unspecified atom stereocenters. The number of aromatic amines is 1. The van der Waals surface area contributed by atoms with Gasteiger partial charge in [-0.1, -0.05) is 42.4 Å². The molecular formula is C17H18ClN3O. The van der Waals surface area contributed by atoms with Gasteiger partial charge in [0.05, 0.1) is 11.4 Å². The summed E-state index contributed by atoms with van der Waals surface area (Å²) in [5.74, 6) is 0.183. The number of rotatable bonds is 1. The van der Waals surface area contributed by atoms with Crippen molar-refractivity contribution in [3.63, 3.8) is 0 Å². The Bertz CT molecular complexity index is 836. The number of hydrogen-bond donors (Lipinski definition) is 1. The molecule has 1 atom stereocenters. The maximum absolute atomic E-state index is 12.8. The first kappa shape index (κ1) is 14.9. The van der Waals surface area contributed by atoms with Crippen molar-refractivity contribution < 1.29 is 4.79 Å². The van der Waals surface area contributed by atoms with Crippen LogP contribution in [0.25, 0.3) is 11.6 Å². The van der Waals surface area contributed by atoms with Gasteiger partial charge in [-0.15, -0.1) is 0 Å². The van der Waals surface area contributed by atoms with Crippen molar-refractivity contribution in [3.05, 3.63) is 51.9 Å². The van der Waals surface area contributed by atoms with Gasteiger partial charge in [0.2, 0.25) is 0 Å². The van der Waals surface area contributed by atoms with E-state index in [0.29, 0.717) is 28.1 Å². The standard InChI is InChI=1S/C17H18ClN3O/c1-10(18)15-11(2)19-16(20-15)17(22)21-9-8-13-6-4-5-7-14(13)12(21)3/h4-7,12H,2,8-9H2,1,3H3,(H,19,20)/b15-10-. The summed E-state index contributed by atoms with van der Waals surface area (Å²) in [4.78, 5) is 21.8. The summed E-state index contributed by atoms with van der Waals surface area (Å²) in [5, 5.41) is 1.65. The summed E-state index contributed by atoms with van der Waals surface area (Å²) in [6, 6.07) is 8.28. The lowest BCUT2D eigenvalue weighted by Crippen LogP contribution is -2.39. The first-order valence-corrected chi connectivity index (χ1v) is 7.67. The van der Waals surface area contributed by atoms with E-state index in [1.165, 1.54) is 11.1 Å². The molecule has 4 nitrogen and oxygen atoms in total. The predicted octanol–water partition coefficient (Wildman–Crippen LogP) is 1.95. The summed E-state index contributed by atoms with van der Waals surface area (Å²) in [6.45, 7) is 8.32. The Labute approximate surface area is 134 Å². The predicted molar refractivity (Wildman–Crippen MR) is 87.9 cm³/mol. The van der Waals surface area contributed by atoms with Gasteiger partial charge in [-0.05, 0) is 31.4 Å². The van der Waals surface area contributed by atoms with Crippen LogP contribution in [0.2, 0.25) is 0 Å². The molecule has 2 heterocycles. The van der Waals surface area contributed by atoms with Crippen LogP contribution in [0.5, 0.6) is 0 Å². The van der Waals surface area contributed by atoms with Crippen molar-refractivity contribution in [3.8, 4) is 0 Å². The second-order valence-corrected chi connectivity index (χ2v) is 6.14. The molecule has 0 saturated heterocycles. The smallest absolute Gasteiger partial charge is 0.290 e. The number of amides is 1. The monoisotopic (exact) mass is 315 g/mol. The highest BCUT2D eigenvalue weighted by Crippen LogP contribution is 2.29. The maximum Gasteiger partial charge on any atom is 0.290 e. The van der Waals surface area contributed by atoms with Crippen LogP contribution in [-0.2, 0) is 6.42 Å². The van der Waals surface area contributed by atoms with Crippen LogP contribution in [0.3, 0.4) is 0 Å². The number of fused-ring (bicyclic) bond motifs is 1. The molecule has 1 aromatic heterocycles. The first-order chi connectivity index (χ1) is 10.5. The van der Waals surface area contributed by atoms with E-state index in [4.69, 9.17) is 11.6 Å². The Kier molecular flexibility index (Phi) is 3.79. The number of H-pyrrole nitrogens is 1. The first-order valence-electron chi connectivity index (χ1n) is 7.29. The molecule has 0 fully saturated rings. The van der Waals surface area contributed by atoms with Gasteiger partial charge < -0.3 is 9.88 Å². The molecular weight excluding hydrogens is 298 g/mol. The van der Waals surface area contributed by atoms with Crippen molar-refractivity contribution in [1.82, 2.24) is 14.9 Å². The normalized spacial score (nSPS) is 18.9. The fourth-order valence-electron chi connectivity index (χ4n) is 2.98. The minimum Gasteiger partial charge on any atom is -0.334 e. The number of hydrogen-bond acceptors (Lipinski definition) is 2. The number of carbonyl (C=O) groups is 1. The third-order valence-corrected chi connectivity index (χ3v) is 4.34. The number of nitrogens with one attached hydrogen (secondary N) is 1. The lowest BCUT2D eigenvalue weighted by molar-refractivity contribution is 0.0666. The highest BCUT2D eigenvalue weighted by molar-refractivity contribution is 6.44. The second-order valence-electron chi connectivity index (χ2n) is 5.57. The number of benzene rings is 1. The maximum atomic E-state index is 12.8. The molecule has 1 aliphatic rings.